The van der Waals surface area contributed by atoms with Gasteiger partial charge in [-0.2, -0.15) is 0 Å². The number of ether oxygens (including phenoxy) is 2. The van der Waals surface area contributed by atoms with Crippen LogP contribution in [-0.4, -0.2) is 64.4 Å². The van der Waals surface area contributed by atoms with Crippen molar-refractivity contribution >= 4 is 21.6 Å². The third-order valence-corrected chi connectivity index (χ3v) is 6.57. The lowest BCUT2D eigenvalue weighted by atomic mass is 10.1. The molecule has 1 N–H and O–H groups in total. The van der Waals surface area contributed by atoms with Gasteiger partial charge in [0, 0.05) is 26.2 Å². The normalized spacial score (nSPS) is 19.4. The lowest BCUT2D eigenvalue weighted by molar-refractivity contribution is -0.127. The molecule has 1 amide bonds. The fourth-order valence-electron chi connectivity index (χ4n) is 3.74. The summed E-state index contributed by atoms with van der Waals surface area (Å²) < 4.78 is 36.8. The Labute approximate surface area is 182 Å². The van der Waals surface area contributed by atoms with E-state index in [1.165, 1.54) is 9.87 Å². The fourth-order valence-corrected chi connectivity index (χ4v) is 4.65. The van der Waals surface area contributed by atoms with Gasteiger partial charge in [-0.1, -0.05) is 36.4 Å². The molecule has 2 aromatic carbocycles. The van der Waals surface area contributed by atoms with Gasteiger partial charge in [0.05, 0.1) is 31.7 Å². The number of nitrogens with one attached hydrogen (secondary N) is 1. The van der Waals surface area contributed by atoms with Gasteiger partial charge in [-0.15, -0.1) is 0 Å². The van der Waals surface area contributed by atoms with Gasteiger partial charge >= 0.3 is 0 Å². The third-order valence-electron chi connectivity index (χ3n) is 5.43. The van der Waals surface area contributed by atoms with Crippen molar-refractivity contribution in [2.24, 2.45) is 0 Å². The molecule has 166 valence electrons. The lowest BCUT2D eigenvalue weighted by Gasteiger charge is -2.33. The molecule has 1 atom stereocenters. The summed E-state index contributed by atoms with van der Waals surface area (Å²) in [7, 11) is -3.53. The van der Waals surface area contributed by atoms with E-state index < -0.39 is 16.1 Å². The highest BCUT2D eigenvalue weighted by Crippen LogP contribution is 2.34. The van der Waals surface area contributed by atoms with E-state index in [2.05, 4.69) is 22.3 Å². The molecule has 2 aromatic rings. The first-order chi connectivity index (χ1) is 14.9. The Morgan fingerprint density at radius 3 is 2.45 bits per heavy atom. The highest BCUT2D eigenvalue weighted by molar-refractivity contribution is 7.92. The van der Waals surface area contributed by atoms with Gasteiger partial charge in [-0.25, -0.2) is 8.42 Å². The molecule has 9 heteroatoms. The minimum Gasteiger partial charge on any atom is -0.476 e. The molecule has 0 saturated carbocycles. The van der Waals surface area contributed by atoms with Crippen LogP contribution in [0.1, 0.15) is 11.1 Å². The van der Waals surface area contributed by atoms with Crippen molar-refractivity contribution in [1.82, 2.24) is 10.2 Å². The maximum Gasteiger partial charge on any atom is 0.263 e. The molecule has 0 aliphatic carbocycles. The Morgan fingerprint density at radius 1 is 1.06 bits per heavy atom. The largest absolute Gasteiger partial charge is 0.476 e. The van der Waals surface area contributed by atoms with Crippen molar-refractivity contribution in [3.63, 3.8) is 0 Å². The zero-order chi connectivity index (χ0) is 21.8. The van der Waals surface area contributed by atoms with Crippen LogP contribution in [-0.2, 0) is 32.6 Å². The van der Waals surface area contributed by atoms with Gasteiger partial charge in [0.2, 0.25) is 10.0 Å². The molecule has 1 saturated heterocycles. The first kappa shape index (κ1) is 21.6. The Morgan fingerprint density at radius 2 is 1.74 bits per heavy atom. The second kappa shape index (κ2) is 9.25. The van der Waals surface area contributed by atoms with Gasteiger partial charge in [-0.05, 0) is 23.3 Å². The number of carbonyl (C=O) groups excluding carboxylic acids is 1. The van der Waals surface area contributed by atoms with Gasteiger partial charge in [0.1, 0.15) is 5.75 Å². The van der Waals surface area contributed by atoms with Crippen molar-refractivity contribution in [2.45, 2.75) is 19.2 Å². The van der Waals surface area contributed by atoms with Crippen molar-refractivity contribution in [2.75, 3.05) is 43.4 Å². The van der Waals surface area contributed by atoms with Crippen LogP contribution in [0.15, 0.2) is 48.5 Å². The standard InChI is InChI=1S/C22H27N3O5S/c1-31(27,28)25-16-21(30-20-5-3-2-4-19(20)25)22(26)23-14-17-6-8-18(9-7-17)15-24-10-12-29-13-11-24/h2-9,21H,10-16H2,1H3,(H,23,26)/t21-/m0/s1. The van der Waals surface area contributed by atoms with Crippen molar-refractivity contribution < 1.29 is 22.7 Å². The predicted octanol–water partition coefficient (Wildman–Crippen LogP) is 1.36. The molecule has 0 spiro atoms. The fraction of sp³-hybridized carbons (Fsp3) is 0.409. The topological polar surface area (TPSA) is 88.2 Å². The molecule has 2 aliphatic heterocycles. The van der Waals surface area contributed by atoms with E-state index in [1.807, 2.05) is 12.1 Å². The summed E-state index contributed by atoms with van der Waals surface area (Å²) >= 11 is 0. The Bertz CT molecular complexity index is 1020. The minimum absolute atomic E-state index is 0.0554. The summed E-state index contributed by atoms with van der Waals surface area (Å²) in [5.41, 5.74) is 2.63. The summed E-state index contributed by atoms with van der Waals surface area (Å²) in [5.74, 6) is 0.0346. The van der Waals surface area contributed by atoms with Crippen molar-refractivity contribution in [1.29, 1.82) is 0 Å². The van der Waals surface area contributed by atoms with E-state index in [4.69, 9.17) is 9.47 Å². The van der Waals surface area contributed by atoms with Crippen LogP contribution in [0.3, 0.4) is 0 Å². The summed E-state index contributed by atoms with van der Waals surface area (Å²) in [4.78, 5) is 15.1. The molecule has 0 bridgehead atoms. The first-order valence-electron chi connectivity index (χ1n) is 10.3. The number of hydrogen-bond acceptors (Lipinski definition) is 6. The van der Waals surface area contributed by atoms with Gasteiger partial charge in [0.15, 0.2) is 6.10 Å². The molecule has 0 aromatic heterocycles. The zero-order valence-corrected chi connectivity index (χ0v) is 18.3. The molecule has 4 rings (SSSR count). The number of para-hydroxylation sites is 2. The molecule has 8 nitrogen and oxygen atoms in total. The monoisotopic (exact) mass is 445 g/mol. The average molecular weight is 446 g/mol. The van der Waals surface area contributed by atoms with Crippen molar-refractivity contribution in [3.05, 3.63) is 59.7 Å². The van der Waals surface area contributed by atoms with Gasteiger partial charge in [-0.3, -0.25) is 14.0 Å². The van der Waals surface area contributed by atoms with Crippen LogP contribution in [0.25, 0.3) is 0 Å². The zero-order valence-electron chi connectivity index (χ0n) is 17.5. The highest BCUT2D eigenvalue weighted by atomic mass is 32.2. The van der Waals surface area contributed by atoms with Gasteiger partial charge in [0.25, 0.3) is 5.91 Å². The summed E-state index contributed by atoms with van der Waals surface area (Å²) in [6, 6.07) is 14.9. The summed E-state index contributed by atoms with van der Waals surface area (Å²) in [6.07, 6.45) is 0.216. The third kappa shape index (κ3) is 5.36. The molecule has 0 radical (unpaired) electrons. The molecule has 0 unspecified atom stereocenters. The number of morpholine rings is 1. The van der Waals surface area contributed by atoms with Crippen LogP contribution in [0.4, 0.5) is 5.69 Å². The van der Waals surface area contributed by atoms with Crippen molar-refractivity contribution in [3.8, 4) is 5.75 Å². The van der Waals surface area contributed by atoms with Crippen LogP contribution in [0.2, 0.25) is 0 Å². The number of anilines is 1. The van der Waals surface area contributed by atoms with E-state index in [9.17, 15) is 13.2 Å². The Kier molecular flexibility index (Phi) is 6.45. The smallest absolute Gasteiger partial charge is 0.263 e. The number of fused-ring (bicyclic) bond motifs is 1. The number of rotatable bonds is 6. The SMILES string of the molecule is CS(=O)(=O)N1C[C@@H](C(=O)NCc2ccc(CN3CCOCC3)cc2)Oc2ccccc21. The number of carbonyl (C=O) groups is 1. The van der Waals surface area contributed by atoms with Crippen LogP contribution in [0.5, 0.6) is 5.75 Å². The number of benzene rings is 2. The lowest BCUT2D eigenvalue weighted by Crippen LogP contribution is -2.50. The van der Waals surface area contributed by atoms with E-state index in [0.29, 0.717) is 18.0 Å². The highest BCUT2D eigenvalue weighted by Gasteiger charge is 2.34. The molecule has 2 heterocycles. The van der Waals surface area contributed by atoms with Crippen LogP contribution < -0.4 is 14.4 Å². The summed E-state index contributed by atoms with van der Waals surface area (Å²) in [6.45, 7) is 4.59. The Hall–Kier alpha value is -2.62. The van der Waals surface area contributed by atoms with Crippen LogP contribution >= 0.6 is 0 Å². The van der Waals surface area contributed by atoms with Crippen LogP contribution in [0, 0.1) is 0 Å². The van der Waals surface area contributed by atoms with E-state index >= 15 is 0 Å². The molecular weight excluding hydrogens is 418 g/mol. The number of hydrogen-bond donors (Lipinski definition) is 1. The minimum atomic E-state index is -3.53. The maximum absolute atomic E-state index is 12.7. The molecule has 1 fully saturated rings. The number of sulfonamides is 1. The van der Waals surface area contributed by atoms with E-state index in [-0.39, 0.29) is 12.5 Å². The maximum atomic E-state index is 12.7. The van der Waals surface area contributed by atoms with Gasteiger partial charge < -0.3 is 14.8 Å². The quantitative estimate of drug-likeness (QED) is 0.723. The molecule has 2 aliphatic rings. The molecule has 31 heavy (non-hydrogen) atoms. The molecular formula is C22H27N3O5S. The average Bonchev–Trinajstić information content (AvgIpc) is 2.77. The second-order valence-electron chi connectivity index (χ2n) is 7.79. The van der Waals surface area contributed by atoms with E-state index in [0.717, 1.165) is 44.7 Å². The predicted molar refractivity (Wildman–Crippen MR) is 117 cm³/mol. The number of nitrogens with zero attached hydrogens (tertiary/aromatic N) is 2. The summed E-state index contributed by atoms with van der Waals surface area (Å²) in [5, 5.41) is 2.86. The number of amides is 1. The second-order valence-corrected chi connectivity index (χ2v) is 9.70. The van der Waals surface area contributed by atoms with E-state index in [1.54, 1.807) is 24.3 Å². The Balaban J connectivity index is 1.35. The first-order valence-corrected chi connectivity index (χ1v) is 12.1.